The second kappa shape index (κ2) is 8.06. The summed E-state index contributed by atoms with van der Waals surface area (Å²) in [7, 11) is 1.78. The highest BCUT2D eigenvalue weighted by Crippen LogP contribution is 2.23. The van der Waals surface area contributed by atoms with Crippen molar-refractivity contribution in [3.05, 3.63) is 83.2 Å². The average Bonchev–Trinajstić information content (AvgIpc) is 2.75. The number of benzene rings is 2. The van der Waals surface area contributed by atoms with E-state index in [1.165, 1.54) is 10.9 Å². The molecule has 0 saturated carbocycles. The molecule has 1 amide bonds. The molecule has 0 aliphatic carbocycles. The maximum Gasteiger partial charge on any atom is 0.261 e. The molecule has 0 bridgehead atoms. The van der Waals surface area contributed by atoms with Crippen molar-refractivity contribution >= 4 is 27.6 Å². The maximum absolute atomic E-state index is 13.4. The number of aromatic nitrogens is 3. The molecule has 6 nitrogen and oxygen atoms in total. The van der Waals surface area contributed by atoms with Crippen molar-refractivity contribution in [3.8, 4) is 0 Å². The first-order valence-electron chi connectivity index (χ1n) is 10.00. The number of para-hydroxylation sites is 1. The van der Waals surface area contributed by atoms with Crippen LogP contribution in [-0.2, 0) is 11.3 Å². The molecule has 1 unspecified atom stereocenters. The van der Waals surface area contributed by atoms with Crippen molar-refractivity contribution in [1.29, 1.82) is 0 Å². The Labute approximate surface area is 174 Å². The highest BCUT2D eigenvalue weighted by atomic mass is 16.2. The Hall–Kier alpha value is -3.54. The topological polar surface area (TPSA) is 68.1 Å². The SMILES string of the molecule is CC(C)C(C(=O)N(C)Cc1cccc2cnccc12)n1cnc2ccccc2c1=O. The van der Waals surface area contributed by atoms with Crippen molar-refractivity contribution in [2.24, 2.45) is 5.92 Å². The maximum atomic E-state index is 13.4. The van der Waals surface area contributed by atoms with Gasteiger partial charge in [0.15, 0.2) is 0 Å². The van der Waals surface area contributed by atoms with Crippen molar-refractivity contribution in [2.45, 2.75) is 26.4 Å². The van der Waals surface area contributed by atoms with Gasteiger partial charge in [-0.25, -0.2) is 4.98 Å². The van der Waals surface area contributed by atoms with E-state index < -0.39 is 6.04 Å². The Morgan fingerprint density at radius 1 is 1.07 bits per heavy atom. The molecule has 0 radical (unpaired) electrons. The largest absolute Gasteiger partial charge is 0.340 e. The number of fused-ring (bicyclic) bond motifs is 2. The van der Waals surface area contributed by atoms with Crippen LogP contribution in [0.25, 0.3) is 21.7 Å². The highest BCUT2D eigenvalue weighted by molar-refractivity contribution is 5.86. The fraction of sp³-hybridized carbons (Fsp3) is 0.250. The molecule has 4 aromatic rings. The lowest BCUT2D eigenvalue weighted by atomic mass is 10.0. The Morgan fingerprint density at radius 2 is 1.87 bits per heavy atom. The number of carbonyl (C=O) groups excluding carboxylic acids is 1. The minimum atomic E-state index is -0.628. The van der Waals surface area contributed by atoms with Crippen LogP contribution in [0.1, 0.15) is 25.5 Å². The molecule has 0 aliphatic heterocycles. The molecular weight excluding hydrogens is 376 g/mol. The summed E-state index contributed by atoms with van der Waals surface area (Å²) in [4.78, 5) is 36.8. The van der Waals surface area contributed by atoms with Crippen LogP contribution < -0.4 is 5.56 Å². The van der Waals surface area contributed by atoms with Crippen LogP contribution in [0, 0.1) is 5.92 Å². The summed E-state index contributed by atoms with van der Waals surface area (Å²) in [5, 5.41) is 2.62. The second-order valence-electron chi connectivity index (χ2n) is 7.87. The van der Waals surface area contributed by atoms with Gasteiger partial charge in [-0.1, -0.05) is 44.2 Å². The van der Waals surface area contributed by atoms with Crippen LogP contribution in [-0.4, -0.2) is 32.4 Å². The molecule has 30 heavy (non-hydrogen) atoms. The molecule has 2 aromatic heterocycles. The smallest absolute Gasteiger partial charge is 0.261 e. The molecule has 4 rings (SSSR count). The first-order chi connectivity index (χ1) is 14.5. The fourth-order valence-corrected chi connectivity index (χ4v) is 3.89. The van der Waals surface area contributed by atoms with Crippen LogP contribution in [0.15, 0.2) is 72.0 Å². The van der Waals surface area contributed by atoms with Gasteiger partial charge in [-0.05, 0) is 35.1 Å². The van der Waals surface area contributed by atoms with Gasteiger partial charge in [0.2, 0.25) is 5.91 Å². The summed E-state index contributed by atoms with van der Waals surface area (Å²) < 4.78 is 1.47. The van der Waals surface area contributed by atoms with Crippen LogP contribution in [0.2, 0.25) is 0 Å². The van der Waals surface area contributed by atoms with Crippen LogP contribution >= 0.6 is 0 Å². The zero-order chi connectivity index (χ0) is 21.3. The number of hydrogen-bond acceptors (Lipinski definition) is 4. The van der Waals surface area contributed by atoms with Gasteiger partial charge in [-0.15, -0.1) is 0 Å². The number of carbonyl (C=O) groups is 1. The second-order valence-corrected chi connectivity index (χ2v) is 7.87. The highest BCUT2D eigenvalue weighted by Gasteiger charge is 2.28. The lowest BCUT2D eigenvalue weighted by Crippen LogP contribution is -2.40. The molecule has 0 spiro atoms. The number of likely N-dealkylation sites (N-methyl/N-ethyl adjacent to an activating group) is 1. The Kier molecular flexibility index (Phi) is 5.31. The average molecular weight is 400 g/mol. The third-order valence-corrected chi connectivity index (χ3v) is 5.43. The van der Waals surface area contributed by atoms with E-state index in [2.05, 4.69) is 9.97 Å². The Balaban J connectivity index is 1.69. The van der Waals surface area contributed by atoms with E-state index in [-0.39, 0.29) is 17.4 Å². The van der Waals surface area contributed by atoms with Crippen LogP contribution in [0.4, 0.5) is 0 Å². The summed E-state index contributed by atoms with van der Waals surface area (Å²) in [6, 6.07) is 14.5. The normalized spacial score (nSPS) is 12.4. The molecule has 0 saturated heterocycles. The van der Waals surface area contributed by atoms with Gasteiger partial charge in [0.05, 0.1) is 17.2 Å². The number of amides is 1. The summed E-state index contributed by atoms with van der Waals surface area (Å²) in [6.45, 7) is 4.34. The van der Waals surface area contributed by atoms with Crippen LogP contribution in [0.3, 0.4) is 0 Å². The molecule has 0 aliphatic rings. The minimum Gasteiger partial charge on any atom is -0.340 e. The lowest BCUT2D eigenvalue weighted by Gasteiger charge is -2.28. The van der Waals surface area contributed by atoms with Gasteiger partial charge in [-0.2, -0.15) is 0 Å². The summed E-state index contributed by atoms with van der Waals surface area (Å²) in [5.41, 5.74) is 1.47. The molecule has 2 aromatic carbocycles. The van der Waals surface area contributed by atoms with Gasteiger partial charge < -0.3 is 4.90 Å². The fourth-order valence-electron chi connectivity index (χ4n) is 3.89. The van der Waals surface area contributed by atoms with E-state index in [9.17, 15) is 9.59 Å². The molecule has 0 N–H and O–H groups in total. The zero-order valence-electron chi connectivity index (χ0n) is 17.3. The lowest BCUT2D eigenvalue weighted by molar-refractivity contribution is -0.135. The van der Waals surface area contributed by atoms with Crippen LogP contribution in [0.5, 0.6) is 0 Å². The predicted molar refractivity (Wildman–Crippen MR) is 118 cm³/mol. The Morgan fingerprint density at radius 3 is 2.67 bits per heavy atom. The standard InChI is InChI=1S/C24H24N4O2/c1-16(2)22(28-15-26-21-10-5-4-9-20(21)23(28)29)24(30)27(3)14-18-8-6-7-17-13-25-12-11-19(17)18/h4-13,15-16,22H,14H2,1-3H3. The molecule has 2 heterocycles. The summed E-state index contributed by atoms with van der Waals surface area (Å²) >= 11 is 0. The van der Waals surface area contributed by atoms with Crippen molar-refractivity contribution in [1.82, 2.24) is 19.4 Å². The van der Waals surface area contributed by atoms with Gasteiger partial charge in [-0.3, -0.25) is 19.1 Å². The first kappa shape index (κ1) is 19.8. The van der Waals surface area contributed by atoms with Crippen molar-refractivity contribution < 1.29 is 4.79 Å². The van der Waals surface area contributed by atoms with Crippen molar-refractivity contribution in [3.63, 3.8) is 0 Å². The molecular formula is C24H24N4O2. The molecule has 0 fully saturated rings. The van der Waals surface area contributed by atoms with E-state index in [1.807, 2.05) is 56.4 Å². The number of pyridine rings is 1. The monoisotopic (exact) mass is 400 g/mol. The van der Waals surface area contributed by atoms with E-state index >= 15 is 0 Å². The van der Waals surface area contributed by atoms with Gasteiger partial charge >= 0.3 is 0 Å². The van der Waals surface area contributed by atoms with Gasteiger partial charge in [0.1, 0.15) is 6.04 Å². The summed E-state index contributed by atoms with van der Waals surface area (Å²) in [5.74, 6) is -0.187. The van der Waals surface area contributed by atoms with E-state index in [4.69, 9.17) is 0 Å². The molecule has 6 heteroatoms. The quantitative estimate of drug-likeness (QED) is 0.511. The molecule has 1 atom stereocenters. The van der Waals surface area contributed by atoms with Gasteiger partial charge in [0.25, 0.3) is 5.56 Å². The number of hydrogen-bond donors (Lipinski definition) is 0. The third kappa shape index (κ3) is 3.56. The van der Waals surface area contributed by atoms with Gasteiger partial charge in [0, 0.05) is 31.4 Å². The van der Waals surface area contributed by atoms with E-state index in [0.29, 0.717) is 17.4 Å². The minimum absolute atomic E-state index is 0.0719. The summed E-state index contributed by atoms with van der Waals surface area (Å²) in [6.07, 6.45) is 5.06. The third-order valence-electron chi connectivity index (χ3n) is 5.43. The van der Waals surface area contributed by atoms with E-state index in [0.717, 1.165) is 16.3 Å². The Bertz CT molecular complexity index is 1270. The van der Waals surface area contributed by atoms with E-state index in [1.54, 1.807) is 30.3 Å². The first-order valence-corrected chi connectivity index (χ1v) is 10.00. The van der Waals surface area contributed by atoms with Crippen molar-refractivity contribution in [2.75, 3.05) is 7.05 Å². The zero-order valence-corrected chi connectivity index (χ0v) is 17.3. The molecule has 152 valence electrons. The number of rotatable bonds is 5. The number of nitrogens with zero attached hydrogens (tertiary/aromatic N) is 4. The predicted octanol–water partition coefficient (Wildman–Crippen LogP) is 3.80.